The number of hydrazone groups is 1. The monoisotopic (exact) mass is 451 g/mol. The summed E-state index contributed by atoms with van der Waals surface area (Å²) in [5.41, 5.74) is 8.66. The van der Waals surface area contributed by atoms with E-state index >= 15 is 0 Å². The number of ether oxygens (including phenoxy) is 2. The zero-order valence-corrected chi connectivity index (χ0v) is 16.5. The molecule has 22 heavy (non-hydrogen) atoms. The Hall–Kier alpha value is -0.860. The zero-order chi connectivity index (χ0) is 16.5. The Labute approximate surface area is 152 Å². The molecule has 0 saturated carbocycles. The van der Waals surface area contributed by atoms with E-state index in [4.69, 9.17) is 27.4 Å². The summed E-state index contributed by atoms with van der Waals surface area (Å²) in [6, 6.07) is 1.85. The maximum Gasteiger partial charge on any atom is 0.184 e. The maximum absolute atomic E-state index is 5.84. The van der Waals surface area contributed by atoms with Crippen LogP contribution in [0.3, 0.4) is 0 Å². The van der Waals surface area contributed by atoms with E-state index in [1.54, 1.807) is 6.21 Å². The molecule has 0 saturated heterocycles. The number of halogens is 2. The van der Waals surface area contributed by atoms with Crippen LogP contribution in [0.2, 0.25) is 0 Å². The highest BCUT2D eigenvalue weighted by molar-refractivity contribution is 9.13. The summed E-state index contributed by atoms with van der Waals surface area (Å²) in [4.78, 5) is 0. The van der Waals surface area contributed by atoms with Crippen LogP contribution in [0.5, 0.6) is 11.5 Å². The normalized spacial score (nSPS) is 10.7. The van der Waals surface area contributed by atoms with Crippen molar-refractivity contribution < 1.29 is 9.47 Å². The van der Waals surface area contributed by atoms with E-state index in [0.717, 1.165) is 27.4 Å². The zero-order valence-electron chi connectivity index (χ0n) is 12.5. The first-order valence-corrected chi connectivity index (χ1v) is 8.86. The lowest BCUT2D eigenvalue weighted by Gasteiger charge is -2.16. The molecule has 5 nitrogen and oxygen atoms in total. The van der Waals surface area contributed by atoms with Crippen LogP contribution < -0.4 is 20.6 Å². The molecular weight excluding hydrogens is 434 g/mol. The number of hydrogen-bond donors (Lipinski definition) is 2. The van der Waals surface area contributed by atoms with E-state index in [9.17, 15) is 0 Å². The fourth-order valence-electron chi connectivity index (χ4n) is 1.58. The Kier molecular flexibility index (Phi) is 8.74. The highest BCUT2D eigenvalue weighted by atomic mass is 79.9. The van der Waals surface area contributed by atoms with Crippen molar-refractivity contribution >= 4 is 55.4 Å². The summed E-state index contributed by atoms with van der Waals surface area (Å²) in [5.74, 6) is 1.34. The molecule has 0 amide bonds. The molecule has 0 unspecified atom stereocenters. The van der Waals surface area contributed by atoms with E-state index < -0.39 is 0 Å². The molecule has 0 aliphatic rings. The fraction of sp³-hybridized carbons (Fsp3) is 0.429. The van der Waals surface area contributed by atoms with Gasteiger partial charge in [-0.2, -0.15) is 5.10 Å². The molecule has 1 aromatic rings. The minimum absolute atomic E-state index is 0.107. The average Bonchev–Trinajstić information content (AvgIpc) is 2.47. The van der Waals surface area contributed by atoms with Gasteiger partial charge in [0, 0.05) is 10.0 Å². The lowest BCUT2D eigenvalue weighted by molar-refractivity contribution is 0.271. The fourth-order valence-corrected chi connectivity index (χ4v) is 2.57. The van der Waals surface area contributed by atoms with Crippen molar-refractivity contribution in [1.82, 2.24) is 5.43 Å². The third-order valence-electron chi connectivity index (χ3n) is 2.58. The average molecular weight is 453 g/mol. The number of rotatable bonds is 8. The molecule has 0 heterocycles. The molecule has 122 valence electrons. The first-order valence-electron chi connectivity index (χ1n) is 6.87. The van der Waals surface area contributed by atoms with Crippen molar-refractivity contribution in [2.75, 3.05) is 13.2 Å². The van der Waals surface area contributed by atoms with Crippen molar-refractivity contribution in [3.05, 3.63) is 20.6 Å². The van der Waals surface area contributed by atoms with Crippen LogP contribution in [0.15, 0.2) is 20.1 Å². The highest BCUT2D eigenvalue weighted by Crippen LogP contribution is 2.42. The molecule has 0 aliphatic heterocycles. The number of thiocarbonyl (C=S) groups is 1. The number of hydrogen-bond acceptors (Lipinski definition) is 4. The van der Waals surface area contributed by atoms with Crippen molar-refractivity contribution in [3.63, 3.8) is 0 Å². The molecule has 8 heteroatoms. The standard InChI is InChI=1S/C14H19Br2N3O2S/c1-3-5-6-21-13-10(20-4-2)7-9(11(15)12(13)16)8-18-19-14(17)22/h7-8H,3-6H2,1-2H3,(H3,17,19,22). The van der Waals surface area contributed by atoms with Crippen molar-refractivity contribution in [3.8, 4) is 11.5 Å². The van der Waals surface area contributed by atoms with Crippen LogP contribution in [0.25, 0.3) is 0 Å². The van der Waals surface area contributed by atoms with Crippen LogP contribution in [-0.2, 0) is 0 Å². The van der Waals surface area contributed by atoms with E-state index in [1.807, 2.05) is 13.0 Å². The van der Waals surface area contributed by atoms with Crippen LogP contribution in [0.4, 0.5) is 0 Å². The van der Waals surface area contributed by atoms with Gasteiger partial charge in [0.25, 0.3) is 0 Å². The van der Waals surface area contributed by atoms with Crippen molar-refractivity contribution in [2.24, 2.45) is 10.8 Å². The second kappa shape index (κ2) is 10.0. The summed E-state index contributed by atoms with van der Waals surface area (Å²) in [6.07, 6.45) is 3.65. The third-order valence-corrected chi connectivity index (χ3v) is 4.81. The third kappa shape index (κ3) is 5.73. The summed E-state index contributed by atoms with van der Waals surface area (Å²) in [5, 5.41) is 4.07. The largest absolute Gasteiger partial charge is 0.490 e. The summed E-state index contributed by atoms with van der Waals surface area (Å²) < 4.78 is 13.1. The Balaban J connectivity index is 3.10. The van der Waals surface area contributed by atoms with Crippen molar-refractivity contribution in [2.45, 2.75) is 26.7 Å². The predicted octanol–water partition coefficient (Wildman–Crippen LogP) is 3.96. The molecule has 0 atom stereocenters. The van der Waals surface area contributed by atoms with Gasteiger partial charge in [0.1, 0.15) is 0 Å². The molecule has 0 spiro atoms. The van der Waals surface area contributed by atoms with Crippen LogP contribution >= 0.6 is 44.1 Å². The molecule has 3 N–H and O–H groups in total. The van der Waals surface area contributed by atoms with E-state index in [2.05, 4.69) is 49.3 Å². The number of benzene rings is 1. The molecule has 0 aliphatic carbocycles. The first-order chi connectivity index (χ1) is 10.5. The van der Waals surface area contributed by atoms with Gasteiger partial charge in [-0.15, -0.1) is 0 Å². The van der Waals surface area contributed by atoms with Crippen molar-refractivity contribution in [1.29, 1.82) is 0 Å². The van der Waals surface area contributed by atoms with Gasteiger partial charge in [-0.1, -0.05) is 13.3 Å². The lowest BCUT2D eigenvalue weighted by atomic mass is 10.2. The quantitative estimate of drug-likeness (QED) is 0.270. The van der Waals surface area contributed by atoms with Gasteiger partial charge in [-0.3, -0.25) is 5.43 Å². The Morgan fingerprint density at radius 2 is 2.09 bits per heavy atom. The van der Waals surface area contributed by atoms with Gasteiger partial charge < -0.3 is 15.2 Å². The molecular formula is C14H19Br2N3O2S. The molecule has 0 aromatic heterocycles. The second-order valence-electron chi connectivity index (χ2n) is 4.29. The molecule has 0 bridgehead atoms. The maximum atomic E-state index is 5.84. The Morgan fingerprint density at radius 1 is 1.36 bits per heavy atom. The van der Waals surface area contributed by atoms with Gasteiger partial charge in [0.15, 0.2) is 16.6 Å². The number of nitrogens with two attached hydrogens (primary N) is 1. The number of nitrogens with one attached hydrogen (secondary N) is 1. The second-order valence-corrected chi connectivity index (χ2v) is 6.32. The van der Waals surface area contributed by atoms with Gasteiger partial charge >= 0.3 is 0 Å². The van der Waals surface area contributed by atoms with Gasteiger partial charge in [-0.25, -0.2) is 0 Å². The van der Waals surface area contributed by atoms with Gasteiger partial charge in [0.05, 0.1) is 23.9 Å². The van der Waals surface area contributed by atoms with Gasteiger partial charge in [-0.05, 0) is 63.5 Å². The molecule has 0 radical (unpaired) electrons. The van der Waals surface area contributed by atoms with E-state index in [1.165, 1.54) is 0 Å². The SMILES string of the molecule is CCCCOc1c(OCC)cc(C=NNC(N)=S)c(Br)c1Br. The molecule has 1 rings (SSSR count). The number of unbranched alkanes of at least 4 members (excludes halogenated alkanes) is 1. The minimum atomic E-state index is 0.107. The van der Waals surface area contributed by atoms with Crippen LogP contribution in [0.1, 0.15) is 32.3 Å². The summed E-state index contributed by atoms with van der Waals surface area (Å²) >= 11 is 11.8. The van der Waals surface area contributed by atoms with E-state index in [-0.39, 0.29) is 5.11 Å². The topological polar surface area (TPSA) is 68.9 Å². The first kappa shape index (κ1) is 19.2. The van der Waals surface area contributed by atoms with Crippen LogP contribution in [-0.4, -0.2) is 24.5 Å². The van der Waals surface area contributed by atoms with E-state index in [0.29, 0.717) is 24.7 Å². The minimum Gasteiger partial charge on any atom is -0.490 e. The highest BCUT2D eigenvalue weighted by Gasteiger charge is 2.16. The summed E-state index contributed by atoms with van der Waals surface area (Å²) in [7, 11) is 0. The van der Waals surface area contributed by atoms with Crippen LogP contribution in [0, 0.1) is 0 Å². The summed E-state index contributed by atoms with van der Waals surface area (Å²) in [6.45, 7) is 5.22. The molecule has 0 fully saturated rings. The predicted molar refractivity (Wildman–Crippen MR) is 101 cm³/mol. The molecule has 1 aromatic carbocycles. The Bertz CT molecular complexity index is 553. The lowest BCUT2D eigenvalue weighted by Crippen LogP contribution is -2.24. The number of nitrogens with zero attached hydrogens (tertiary/aromatic N) is 1. The Morgan fingerprint density at radius 3 is 2.68 bits per heavy atom. The van der Waals surface area contributed by atoms with Gasteiger partial charge in [0.2, 0.25) is 0 Å². The smallest absolute Gasteiger partial charge is 0.184 e.